The lowest BCUT2D eigenvalue weighted by atomic mass is 10.1. The first-order valence-electron chi connectivity index (χ1n) is 9.58. The number of nitrogen functional groups attached to an aromatic ring is 1. The molecular formula is C20H32N4O2. The predicted octanol–water partition coefficient (Wildman–Crippen LogP) is 2.45. The lowest BCUT2D eigenvalue weighted by Gasteiger charge is -2.37. The van der Waals surface area contributed by atoms with Gasteiger partial charge >= 0.3 is 0 Å². The Morgan fingerprint density at radius 2 is 1.73 bits per heavy atom. The number of carbonyl (C=O) groups is 2. The lowest BCUT2D eigenvalue weighted by molar-refractivity contribution is -0.132. The smallest absolute Gasteiger partial charge is 0.256 e. The van der Waals surface area contributed by atoms with Crippen molar-refractivity contribution in [3.05, 3.63) is 23.8 Å². The molecule has 1 fully saturated rings. The highest BCUT2D eigenvalue weighted by Crippen LogP contribution is 2.26. The Bertz CT molecular complexity index is 633. The first-order valence-corrected chi connectivity index (χ1v) is 9.58. The Morgan fingerprint density at radius 1 is 1.12 bits per heavy atom. The van der Waals surface area contributed by atoms with Crippen molar-refractivity contribution in [3.63, 3.8) is 0 Å². The van der Waals surface area contributed by atoms with Crippen LogP contribution in [0.15, 0.2) is 18.2 Å². The number of nitrogens with two attached hydrogens (primary N) is 1. The standard InChI is InChI=1S/C20H32N4O2/c1-5-22(6-2)20(26)17-14-16(21)7-8-18(17)23-9-11-24(12-10-23)19(25)13-15(3)4/h7-8,14-15H,5-6,9-13,21H2,1-4H3. The second-order valence-electron chi connectivity index (χ2n) is 7.22. The molecule has 0 aromatic heterocycles. The van der Waals surface area contributed by atoms with Crippen LogP contribution in [-0.2, 0) is 4.79 Å². The Balaban J connectivity index is 2.15. The normalized spacial score (nSPS) is 14.7. The van der Waals surface area contributed by atoms with Crippen molar-refractivity contribution < 1.29 is 9.59 Å². The topological polar surface area (TPSA) is 69.9 Å². The maximum Gasteiger partial charge on any atom is 0.256 e. The van der Waals surface area contributed by atoms with E-state index in [1.54, 1.807) is 11.0 Å². The van der Waals surface area contributed by atoms with E-state index in [2.05, 4.69) is 18.7 Å². The largest absolute Gasteiger partial charge is 0.399 e. The molecule has 0 saturated carbocycles. The van der Waals surface area contributed by atoms with Gasteiger partial charge in [0.25, 0.3) is 5.91 Å². The SMILES string of the molecule is CCN(CC)C(=O)c1cc(N)ccc1N1CCN(C(=O)CC(C)C)CC1. The van der Waals surface area contributed by atoms with Crippen LogP contribution in [0.25, 0.3) is 0 Å². The third-order valence-corrected chi connectivity index (χ3v) is 4.86. The highest BCUT2D eigenvalue weighted by molar-refractivity contribution is 6.00. The van der Waals surface area contributed by atoms with E-state index < -0.39 is 0 Å². The number of amides is 2. The fourth-order valence-electron chi connectivity index (χ4n) is 3.36. The van der Waals surface area contributed by atoms with Gasteiger partial charge in [-0.25, -0.2) is 0 Å². The van der Waals surface area contributed by atoms with Gasteiger partial charge in [0.15, 0.2) is 0 Å². The summed E-state index contributed by atoms with van der Waals surface area (Å²) >= 11 is 0. The Labute approximate surface area is 156 Å². The van der Waals surface area contributed by atoms with Crippen LogP contribution in [0.5, 0.6) is 0 Å². The number of rotatable bonds is 6. The molecule has 0 atom stereocenters. The third kappa shape index (κ3) is 4.68. The summed E-state index contributed by atoms with van der Waals surface area (Å²) in [7, 11) is 0. The summed E-state index contributed by atoms with van der Waals surface area (Å²) < 4.78 is 0. The predicted molar refractivity (Wildman–Crippen MR) is 106 cm³/mol. The summed E-state index contributed by atoms with van der Waals surface area (Å²) in [5, 5.41) is 0. The van der Waals surface area contributed by atoms with Crippen LogP contribution in [-0.4, -0.2) is 60.9 Å². The molecule has 0 spiro atoms. The minimum Gasteiger partial charge on any atom is -0.399 e. The van der Waals surface area contributed by atoms with Gasteiger partial charge < -0.3 is 20.4 Å². The molecule has 0 radical (unpaired) electrons. The summed E-state index contributed by atoms with van der Waals surface area (Å²) in [6.45, 7) is 12.3. The van der Waals surface area contributed by atoms with Gasteiger partial charge in [0.2, 0.25) is 5.91 Å². The summed E-state index contributed by atoms with van der Waals surface area (Å²) in [6, 6.07) is 5.54. The minimum absolute atomic E-state index is 0.00983. The van der Waals surface area contributed by atoms with E-state index in [1.807, 2.05) is 30.9 Å². The molecule has 144 valence electrons. The highest BCUT2D eigenvalue weighted by Gasteiger charge is 2.25. The van der Waals surface area contributed by atoms with Gasteiger partial charge in [-0.15, -0.1) is 0 Å². The van der Waals surface area contributed by atoms with Crippen LogP contribution in [0.3, 0.4) is 0 Å². The van der Waals surface area contributed by atoms with Crippen molar-refractivity contribution in [2.45, 2.75) is 34.1 Å². The van der Waals surface area contributed by atoms with Crippen molar-refractivity contribution in [3.8, 4) is 0 Å². The van der Waals surface area contributed by atoms with E-state index in [1.165, 1.54) is 0 Å². The molecule has 0 unspecified atom stereocenters. The van der Waals surface area contributed by atoms with Crippen LogP contribution < -0.4 is 10.6 Å². The fourth-order valence-corrected chi connectivity index (χ4v) is 3.36. The molecule has 2 N–H and O–H groups in total. The Hall–Kier alpha value is -2.24. The lowest BCUT2D eigenvalue weighted by Crippen LogP contribution is -2.49. The van der Waals surface area contributed by atoms with Crippen LogP contribution >= 0.6 is 0 Å². The summed E-state index contributed by atoms with van der Waals surface area (Å²) in [5.41, 5.74) is 8.09. The van der Waals surface area contributed by atoms with Crippen LogP contribution in [0, 0.1) is 5.92 Å². The van der Waals surface area contributed by atoms with Crippen molar-refractivity contribution >= 4 is 23.2 Å². The zero-order valence-corrected chi connectivity index (χ0v) is 16.5. The molecule has 2 amide bonds. The maximum atomic E-state index is 12.9. The number of hydrogen-bond donors (Lipinski definition) is 1. The number of nitrogens with zero attached hydrogens (tertiary/aromatic N) is 3. The van der Waals surface area contributed by atoms with Crippen molar-refractivity contribution in [2.24, 2.45) is 5.92 Å². The highest BCUT2D eigenvalue weighted by atomic mass is 16.2. The van der Waals surface area contributed by atoms with E-state index in [-0.39, 0.29) is 11.8 Å². The molecule has 1 aliphatic heterocycles. The third-order valence-electron chi connectivity index (χ3n) is 4.86. The molecule has 6 nitrogen and oxygen atoms in total. The molecule has 2 rings (SSSR count). The zero-order chi connectivity index (χ0) is 19.3. The quantitative estimate of drug-likeness (QED) is 0.791. The van der Waals surface area contributed by atoms with Crippen molar-refractivity contribution in [2.75, 3.05) is 49.9 Å². The second kappa shape index (κ2) is 8.92. The van der Waals surface area contributed by atoms with E-state index in [0.29, 0.717) is 49.8 Å². The van der Waals surface area contributed by atoms with Gasteiger partial charge in [0.05, 0.1) is 5.56 Å². The molecular weight excluding hydrogens is 328 g/mol. The fraction of sp³-hybridized carbons (Fsp3) is 0.600. The van der Waals surface area contributed by atoms with Gasteiger partial charge in [-0.1, -0.05) is 13.8 Å². The maximum absolute atomic E-state index is 12.9. The molecule has 1 aromatic carbocycles. The summed E-state index contributed by atoms with van der Waals surface area (Å²) in [5.74, 6) is 0.600. The summed E-state index contributed by atoms with van der Waals surface area (Å²) in [6.07, 6.45) is 0.591. The van der Waals surface area contributed by atoms with E-state index in [4.69, 9.17) is 5.73 Å². The molecule has 1 saturated heterocycles. The van der Waals surface area contributed by atoms with E-state index >= 15 is 0 Å². The first kappa shape index (κ1) is 20.1. The molecule has 1 aliphatic rings. The Morgan fingerprint density at radius 3 is 2.27 bits per heavy atom. The van der Waals surface area contributed by atoms with Gasteiger partial charge in [0.1, 0.15) is 0 Å². The molecule has 26 heavy (non-hydrogen) atoms. The first-order chi connectivity index (χ1) is 12.4. The molecule has 6 heteroatoms. The van der Waals surface area contributed by atoms with Crippen molar-refractivity contribution in [1.29, 1.82) is 0 Å². The minimum atomic E-state index is 0.00983. The van der Waals surface area contributed by atoms with Gasteiger partial charge in [-0.3, -0.25) is 9.59 Å². The number of benzene rings is 1. The monoisotopic (exact) mass is 360 g/mol. The number of hydrogen-bond acceptors (Lipinski definition) is 4. The van der Waals surface area contributed by atoms with Crippen LogP contribution in [0.1, 0.15) is 44.5 Å². The zero-order valence-electron chi connectivity index (χ0n) is 16.5. The van der Waals surface area contributed by atoms with Gasteiger partial charge in [0, 0.05) is 57.1 Å². The molecule has 1 aromatic rings. The number of carbonyl (C=O) groups excluding carboxylic acids is 2. The van der Waals surface area contributed by atoms with Gasteiger partial charge in [-0.2, -0.15) is 0 Å². The van der Waals surface area contributed by atoms with Crippen LogP contribution in [0.4, 0.5) is 11.4 Å². The molecule has 0 aliphatic carbocycles. The van der Waals surface area contributed by atoms with Crippen LogP contribution in [0.2, 0.25) is 0 Å². The van der Waals surface area contributed by atoms with E-state index in [9.17, 15) is 9.59 Å². The van der Waals surface area contributed by atoms with Gasteiger partial charge in [-0.05, 0) is 38.0 Å². The van der Waals surface area contributed by atoms with E-state index in [0.717, 1.165) is 18.8 Å². The number of piperazine rings is 1. The molecule has 0 bridgehead atoms. The second-order valence-corrected chi connectivity index (χ2v) is 7.22. The molecule has 1 heterocycles. The summed E-state index contributed by atoms with van der Waals surface area (Å²) in [4.78, 5) is 31.1. The number of anilines is 2. The Kier molecular flexibility index (Phi) is 6.89. The average molecular weight is 361 g/mol. The van der Waals surface area contributed by atoms with Crippen molar-refractivity contribution in [1.82, 2.24) is 9.80 Å². The average Bonchev–Trinajstić information content (AvgIpc) is 2.62.